The number of hydrogen-bond acceptors (Lipinski definition) is 2. The highest BCUT2D eigenvalue weighted by Crippen LogP contribution is 2.26. The fourth-order valence-electron chi connectivity index (χ4n) is 3.36. The number of pyridine rings is 1. The van der Waals surface area contributed by atoms with E-state index in [2.05, 4.69) is 10.3 Å². The predicted molar refractivity (Wildman–Crippen MR) is 114 cm³/mol. The van der Waals surface area contributed by atoms with Crippen LogP contribution in [0.1, 0.15) is 21.5 Å². The van der Waals surface area contributed by atoms with Crippen LogP contribution in [0, 0.1) is 12.7 Å². The first-order chi connectivity index (χ1) is 14.1. The number of amides is 1. The van der Waals surface area contributed by atoms with Crippen LogP contribution in [0.2, 0.25) is 0 Å². The van der Waals surface area contributed by atoms with Crippen molar-refractivity contribution < 1.29 is 9.18 Å². The van der Waals surface area contributed by atoms with E-state index >= 15 is 0 Å². The van der Waals surface area contributed by atoms with Crippen molar-refractivity contribution in [2.24, 2.45) is 0 Å². The highest BCUT2D eigenvalue weighted by molar-refractivity contribution is 6.07. The minimum atomic E-state index is -0.302. The maximum atomic E-state index is 13.3. The Morgan fingerprint density at radius 1 is 0.966 bits per heavy atom. The summed E-state index contributed by atoms with van der Waals surface area (Å²) in [6, 6.07) is 23.8. The number of carbonyl (C=O) groups excluding carboxylic acids is 1. The predicted octanol–water partition coefficient (Wildman–Crippen LogP) is 5.32. The first kappa shape index (κ1) is 18.8. The fraction of sp³-hybridized carbons (Fsp3) is 0.120. The number of halogens is 1. The van der Waals surface area contributed by atoms with E-state index in [1.165, 1.54) is 17.7 Å². The number of fused-ring (bicyclic) bond motifs is 1. The standard InChI is InChI=1S/C25H21FN2O/c1-17-7-12-23-21(15-17)22(16-24(28-23)19-8-10-20(26)11-9-19)25(29)27-14-13-18-5-3-2-4-6-18/h2-12,15-16H,13-14H2,1H3,(H,27,29). The van der Waals surface area contributed by atoms with E-state index in [1.54, 1.807) is 18.2 Å². The molecule has 1 amide bonds. The Hall–Kier alpha value is -3.53. The van der Waals surface area contributed by atoms with Gasteiger partial charge in [0.15, 0.2) is 0 Å². The molecule has 29 heavy (non-hydrogen) atoms. The Kier molecular flexibility index (Phi) is 5.34. The second-order valence-electron chi connectivity index (χ2n) is 7.07. The summed E-state index contributed by atoms with van der Waals surface area (Å²) >= 11 is 0. The summed E-state index contributed by atoms with van der Waals surface area (Å²) in [5.41, 5.74) is 4.97. The van der Waals surface area contributed by atoms with Crippen LogP contribution in [0.5, 0.6) is 0 Å². The Balaban J connectivity index is 1.66. The molecular weight excluding hydrogens is 363 g/mol. The van der Waals surface area contributed by atoms with Gasteiger partial charge in [-0.25, -0.2) is 9.37 Å². The summed E-state index contributed by atoms with van der Waals surface area (Å²) in [6.07, 6.45) is 0.763. The van der Waals surface area contributed by atoms with Crippen LogP contribution in [-0.2, 0) is 6.42 Å². The normalized spacial score (nSPS) is 10.8. The van der Waals surface area contributed by atoms with Crippen LogP contribution in [0.3, 0.4) is 0 Å². The van der Waals surface area contributed by atoms with Crippen molar-refractivity contribution in [3.8, 4) is 11.3 Å². The number of nitrogens with zero attached hydrogens (tertiary/aromatic N) is 1. The summed E-state index contributed by atoms with van der Waals surface area (Å²) in [4.78, 5) is 17.7. The van der Waals surface area contributed by atoms with Crippen LogP contribution < -0.4 is 5.32 Å². The smallest absolute Gasteiger partial charge is 0.252 e. The van der Waals surface area contributed by atoms with Crippen molar-refractivity contribution in [1.82, 2.24) is 10.3 Å². The molecule has 1 aromatic heterocycles. The van der Waals surface area contributed by atoms with Crippen LogP contribution in [0.4, 0.5) is 4.39 Å². The second kappa shape index (κ2) is 8.23. The summed E-state index contributed by atoms with van der Waals surface area (Å²) in [5.74, 6) is -0.439. The van der Waals surface area contributed by atoms with E-state index in [-0.39, 0.29) is 11.7 Å². The summed E-state index contributed by atoms with van der Waals surface area (Å²) < 4.78 is 13.3. The molecule has 0 saturated carbocycles. The molecule has 0 radical (unpaired) electrons. The van der Waals surface area contributed by atoms with E-state index in [1.807, 2.05) is 55.5 Å². The van der Waals surface area contributed by atoms with Gasteiger partial charge in [-0.3, -0.25) is 4.79 Å². The van der Waals surface area contributed by atoms with Crippen molar-refractivity contribution in [3.63, 3.8) is 0 Å². The number of benzene rings is 3. The van der Waals surface area contributed by atoms with Gasteiger partial charge in [0.05, 0.1) is 16.8 Å². The van der Waals surface area contributed by atoms with Gasteiger partial charge in [-0.1, -0.05) is 42.0 Å². The zero-order chi connectivity index (χ0) is 20.2. The number of aryl methyl sites for hydroxylation is 1. The molecule has 0 spiro atoms. The second-order valence-corrected chi connectivity index (χ2v) is 7.07. The van der Waals surface area contributed by atoms with E-state index in [9.17, 15) is 9.18 Å². The molecule has 4 heteroatoms. The van der Waals surface area contributed by atoms with Gasteiger partial charge in [0.25, 0.3) is 5.91 Å². The molecule has 3 nitrogen and oxygen atoms in total. The molecule has 0 aliphatic rings. The molecule has 0 saturated heterocycles. The molecular formula is C25H21FN2O. The van der Waals surface area contributed by atoms with Gasteiger partial charge >= 0.3 is 0 Å². The topological polar surface area (TPSA) is 42.0 Å². The minimum absolute atomic E-state index is 0.137. The van der Waals surface area contributed by atoms with E-state index in [4.69, 9.17) is 0 Å². The Labute approximate surface area is 169 Å². The lowest BCUT2D eigenvalue weighted by molar-refractivity contribution is 0.0956. The van der Waals surface area contributed by atoms with Crippen LogP contribution in [0.25, 0.3) is 22.2 Å². The third-order valence-corrected chi connectivity index (χ3v) is 4.89. The largest absolute Gasteiger partial charge is 0.352 e. The van der Waals surface area contributed by atoms with Gasteiger partial charge in [-0.15, -0.1) is 0 Å². The molecule has 4 aromatic rings. The number of nitrogens with one attached hydrogen (secondary N) is 1. The van der Waals surface area contributed by atoms with Crippen LogP contribution in [-0.4, -0.2) is 17.4 Å². The van der Waals surface area contributed by atoms with Gasteiger partial charge in [-0.2, -0.15) is 0 Å². The zero-order valence-electron chi connectivity index (χ0n) is 16.2. The van der Waals surface area contributed by atoms with Crippen molar-refractivity contribution in [2.45, 2.75) is 13.3 Å². The number of carbonyl (C=O) groups is 1. The lowest BCUT2D eigenvalue weighted by Gasteiger charge is -2.11. The molecule has 0 aliphatic carbocycles. The van der Waals surface area contributed by atoms with Crippen LogP contribution in [0.15, 0.2) is 78.9 Å². The Bertz CT molecular complexity index is 1150. The number of hydrogen-bond donors (Lipinski definition) is 1. The third kappa shape index (κ3) is 4.32. The molecule has 3 aromatic carbocycles. The molecule has 1 N–H and O–H groups in total. The van der Waals surface area contributed by atoms with Gasteiger partial charge in [-0.05, 0) is 61.4 Å². The lowest BCUT2D eigenvalue weighted by Crippen LogP contribution is -2.26. The lowest BCUT2D eigenvalue weighted by atomic mass is 10.0. The molecule has 144 valence electrons. The number of rotatable bonds is 5. The average molecular weight is 384 g/mol. The number of aromatic nitrogens is 1. The minimum Gasteiger partial charge on any atom is -0.352 e. The van der Waals surface area contributed by atoms with Gasteiger partial charge in [0.1, 0.15) is 5.82 Å². The van der Waals surface area contributed by atoms with Gasteiger partial charge < -0.3 is 5.32 Å². The highest BCUT2D eigenvalue weighted by Gasteiger charge is 2.14. The van der Waals surface area contributed by atoms with Crippen molar-refractivity contribution >= 4 is 16.8 Å². The molecule has 0 unspecified atom stereocenters. The highest BCUT2D eigenvalue weighted by atomic mass is 19.1. The average Bonchev–Trinajstić information content (AvgIpc) is 2.74. The fourth-order valence-corrected chi connectivity index (χ4v) is 3.36. The first-order valence-corrected chi connectivity index (χ1v) is 9.59. The Morgan fingerprint density at radius 2 is 1.72 bits per heavy atom. The van der Waals surface area contributed by atoms with Gasteiger partial charge in [0, 0.05) is 17.5 Å². The SMILES string of the molecule is Cc1ccc2nc(-c3ccc(F)cc3)cc(C(=O)NCCc3ccccc3)c2c1. The molecule has 1 heterocycles. The van der Waals surface area contributed by atoms with Crippen molar-refractivity contribution in [3.05, 3.63) is 101 Å². The van der Waals surface area contributed by atoms with Gasteiger partial charge in [0.2, 0.25) is 0 Å². The maximum absolute atomic E-state index is 13.3. The monoisotopic (exact) mass is 384 g/mol. The molecule has 4 rings (SSSR count). The first-order valence-electron chi connectivity index (χ1n) is 9.59. The molecule has 0 aliphatic heterocycles. The molecule has 0 atom stereocenters. The van der Waals surface area contributed by atoms with Crippen molar-refractivity contribution in [2.75, 3.05) is 6.54 Å². The summed E-state index contributed by atoms with van der Waals surface area (Å²) in [6.45, 7) is 2.54. The zero-order valence-corrected chi connectivity index (χ0v) is 16.2. The summed E-state index contributed by atoms with van der Waals surface area (Å²) in [7, 11) is 0. The molecule has 0 bridgehead atoms. The van der Waals surface area contributed by atoms with E-state index in [0.29, 0.717) is 17.8 Å². The maximum Gasteiger partial charge on any atom is 0.252 e. The van der Waals surface area contributed by atoms with Crippen LogP contribution >= 0.6 is 0 Å². The third-order valence-electron chi connectivity index (χ3n) is 4.89. The molecule has 0 fully saturated rings. The Morgan fingerprint density at radius 3 is 2.48 bits per heavy atom. The van der Waals surface area contributed by atoms with E-state index < -0.39 is 0 Å². The van der Waals surface area contributed by atoms with E-state index in [0.717, 1.165) is 28.5 Å². The quantitative estimate of drug-likeness (QED) is 0.506. The van der Waals surface area contributed by atoms with Crippen molar-refractivity contribution in [1.29, 1.82) is 0 Å². The summed E-state index contributed by atoms with van der Waals surface area (Å²) in [5, 5.41) is 3.83.